The van der Waals surface area contributed by atoms with Gasteiger partial charge in [-0.25, -0.2) is 0 Å². The lowest BCUT2D eigenvalue weighted by Gasteiger charge is -2.21. The molecule has 0 saturated carbocycles. The summed E-state index contributed by atoms with van der Waals surface area (Å²) in [6, 6.07) is 11.6. The molecule has 1 heterocycles. The second kappa shape index (κ2) is 9.82. The van der Waals surface area contributed by atoms with Gasteiger partial charge in [0.15, 0.2) is 6.10 Å². The van der Waals surface area contributed by atoms with Crippen molar-refractivity contribution < 1.29 is 19.1 Å². The van der Waals surface area contributed by atoms with Gasteiger partial charge in [-0.15, -0.1) is 11.6 Å². The van der Waals surface area contributed by atoms with E-state index in [-0.39, 0.29) is 37.0 Å². The standard InChI is InChI=1S/C22H20Cl3NO4/c1-13-17(25)3-2-4-18(13)26-12-15(11-20(26)27)22(29)30-19(9-10-23)21(28)14-5-7-16(24)8-6-14/h2-8,15,19H,9-12H2,1H3/t15-,19-/m1/s1. The molecule has 0 aliphatic carbocycles. The van der Waals surface area contributed by atoms with Crippen LogP contribution in [0.5, 0.6) is 0 Å². The number of hydrogen-bond donors (Lipinski definition) is 0. The van der Waals surface area contributed by atoms with E-state index in [0.717, 1.165) is 5.56 Å². The Bertz CT molecular complexity index is 961. The Balaban J connectivity index is 1.72. The van der Waals surface area contributed by atoms with Gasteiger partial charge in [-0.1, -0.05) is 29.3 Å². The zero-order chi connectivity index (χ0) is 21.8. The molecule has 1 saturated heterocycles. The van der Waals surface area contributed by atoms with Crippen LogP contribution in [0.1, 0.15) is 28.8 Å². The molecule has 2 aromatic rings. The summed E-state index contributed by atoms with van der Waals surface area (Å²) in [5.74, 6) is -1.67. The summed E-state index contributed by atoms with van der Waals surface area (Å²) < 4.78 is 5.50. The van der Waals surface area contributed by atoms with Gasteiger partial charge in [0.2, 0.25) is 11.7 Å². The third kappa shape index (κ3) is 4.97. The fraction of sp³-hybridized carbons (Fsp3) is 0.318. The Morgan fingerprint density at radius 3 is 2.53 bits per heavy atom. The van der Waals surface area contributed by atoms with Crippen molar-refractivity contribution in [2.75, 3.05) is 17.3 Å². The van der Waals surface area contributed by atoms with E-state index >= 15 is 0 Å². The third-order valence-electron chi connectivity index (χ3n) is 5.04. The van der Waals surface area contributed by atoms with Crippen LogP contribution in [0.25, 0.3) is 0 Å². The highest BCUT2D eigenvalue weighted by atomic mass is 35.5. The summed E-state index contributed by atoms with van der Waals surface area (Å²) >= 11 is 17.8. The van der Waals surface area contributed by atoms with E-state index in [0.29, 0.717) is 21.3 Å². The number of ether oxygens (including phenoxy) is 1. The smallest absolute Gasteiger partial charge is 0.312 e. The topological polar surface area (TPSA) is 63.7 Å². The number of halogens is 3. The Labute approximate surface area is 189 Å². The van der Waals surface area contributed by atoms with Crippen molar-refractivity contribution in [2.45, 2.75) is 25.9 Å². The molecule has 2 atom stereocenters. The van der Waals surface area contributed by atoms with Crippen molar-refractivity contribution in [3.8, 4) is 0 Å². The summed E-state index contributed by atoms with van der Waals surface area (Å²) in [6.45, 7) is 1.99. The van der Waals surface area contributed by atoms with Gasteiger partial charge in [-0.2, -0.15) is 0 Å². The first kappa shape index (κ1) is 22.6. The highest BCUT2D eigenvalue weighted by Gasteiger charge is 2.38. The molecule has 30 heavy (non-hydrogen) atoms. The molecule has 0 unspecified atom stereocenters. The van der Waals surface area contributed by atoms with Crippen molar-refractivity contribution in [3.05, 3.63) is 63.6 Å². The zero-order valence-electron chi connectivity index (χ0n) is 16.2. The van der Waals surface area contributed by atoms with Gasteiger partial charge in [0.1, 0.15) is 0 Å². The summed E-state index contributed by atoms with van der Waals surface area (Å²) in [6.07, 6.45) is -0.840. The van der Waals surface area contributed by atoms with E-state index in [1.807, 2.05) is 6.92 Å². The maximum Gasteiger partial charge on any atom is 0.312 e. The Hall–Kier alpha value is -2.08. The molecule has 0 aromatic heterocycles. The predicted octanol–water partition coefficient (Wildman–Crippen LogP) is 5.08. The first-order valence-corrected chi connectivity index (χ1v) is 10.7. The van der Waals surface area contributed by atoms with Gasteiger partial charge in [0, 0.05) is 46.6 Å². The highest BCUT2D eigenvalue weighted by molar-refractivity contribution is 6.32. The van der Waals surface area contributed by atoms with E-state index in [1.165, 1.54) is 4.90 Å². The lowest BCUT2D eigenvalue weighted by Crippen LogP contribution is -2.32. The number of hydrogen-bond acceptors (Lipinski definition) is 4. The molecular formula is C22H20Cl3NO4. The second-order valence-corrected chi connectivity index (χ2v) is 8.29. The Kier molecular flexibility index (Phi) is 7.40. The van der Waals surface area contributed by atoms with E-state index < -0.39 is 18.0 Å². The van der Waals surface area contributed by atoms with Crippen LogP contribution in [0.2, 0.25) is 10.0 Å². The number of carbonyl (C=O) groups excluding carboxylic acids is 3. The van der Waals surface area contributed by atoms with E-state index in [2.05, 4.69) is 0 Å². The Morgan fingerprint density at radius 1 is 1.17 bits per heavy atom. The number of benzene rings is 2. The van der Waals surface area contributed by atoms with Crippen molar-refractivity contribution in [2.24, 2.45) is 5.92 Å². The lowest BCUT2D eigenvalue weighted by molar-refractivity contribution is -0.151. The molecule has 2 aromatic carbocycles. The number of rotatable bonds is 7. The van der Waals surface area contributed by atoms with Crippen LogP contribution in [0.4, 0.5) is 5.69 Å². The summed E-state index contributed by atoms with van der Waals surface area (Å²) in [4.78, 5) is 39.6. The molecule has 0 N–H and O–H groups in total. The highest BCUT2D eigenvalue weighted by Crippen LogP contribution is 2.32. The van der Waals surface area contributed by atoms with Crippen LogP contribution < -0.4 is 4.90 Å². The average Bonchev–Trinajstić information content (AvgIpc) is 3.11. The van der Waals surface area contributed by atoms with Crippen molar-refractivity contribution in [3.63, 3.8) is 0 Å². The molecule has 0 bridgehead atoms. The van der Waals surface area contributed by atoms with Crippen molar-refractivity contribution in [1.82, 2.24) is 0 Å². The van der Waals surface area contributed by atoms with Crippen LogP contribution in [0, 0.1) is 12.8 Å². The SMILES string of the molecule is Cc1c(Cl)cccc1N1C[C@H](C(=O)O[C@H](CCCl)C(=O)c2ccc(Cl)cc2)CC1=O. The fourth-order valence-electron chi connectivity index (χ4n) is 3.37. The molecule has 1 aliphatic rings. The van der Waals surface area contributed by atoms with E-state index in [1.54, 1.807) is 42.5 Å². The second-order valence-electron chi connectivity index (χ2n) is 7.06. The fourth-order valence-corrected chi connectivity index (χ4v) is 3.86. The quantitative estimate of drug-likeness (QED) is 0.323. The number of carbonyl (C=O) groups is 3. The summed E-state index contributed by atoms with van der Waals surface area (Å²) in [7, 11) is 0. The minimum atomic E-state index is -1.02. The van der Waals surface area contributed by atoms with Crippen LogP contribution >= 0.6 is 34.8 Å². The molecule has 1 amide bonds. The maximum atomic E-state index is 12.8. The number of nitrogens with zero attached hydrogens (tertiary/aromatic N) is 1. The first-order valence-electron chi connectivity index (χ1n) is 9.43. The van der Waals surface area contributed by atoms with Gasteiger partial charge in [-0.3, -0.25) is 14.4 Å². The van der Waals surface area contributed by atoms with Crippen LogP contribution in [0.15, 0.2) is 42.5 Å². The number of alkyl halides is 1. The van der Waals surface area contributed by atoms with Gasteiger partial charge >= 0.3 is 5.97 Å². The van der Waals surface area contributed by atoms with E-state index in [4.69, 9.17) is 39.5 Å². The molecule has 3 rings (SSSR count). The molecule has 5 nitrogen and oxygen atoms in total. The summed E-state index contributed by atoms with van der Waals surface area (Å²) in [5, 5.41) is 1.04. The van der Waals surface area contributed by atoms with Gasteiger partial charge < -0.3 is 9.64 Å². The molecular weight excluding hydrogens is 449 g/mol. The van der Waals surface area contributed by atoms with Crippen LogP contribution in [-0.4, -0.2) is 36.2 Å². The van der Waals surface area contributed by atoms with Gasteiger partial charge in [0.05, 0.1) is 5.92 Å². The van der Waals surface area contributed by atoms with Gasteiger partial charge in [-0.05, 0) is 48.9 Å². The molecule has 0 spiro atoms. The van der Waals surface area contributed by atoms with Gasteiger partial charge in [0.25, 0.3) is 0 Å². The number of esters is 1. The molecule has 1 aliphatic heterocycles. The number of anilines is 1. The monoisotopic (exact) mass is 467 g/mol. The summed E-state index contributed by atoms with van der Waals surface area (Å²) in [5.41, 5.74) is 1.80. The van der Waals surface area contributed by atoms with E-state index in [9.17, 15) is 14.4 Å². The minimum Gasteiger partial charge on any atom is -0.454 e. The first-order chi connectivity index (χ1) is 14.3. The number of ketones is 1. The third-order valence-corrected chi connectivity index (χ3v) is 5.92. The predicted molar refractivity (Wildman–Crippen MR) is 118 cm³/mol. The molecule has 0 radical (unpaired) electrons. The van der Waals surface area contributed by atoms with Crippen molar-refractivity contribution in [1.29, 1.82) is 0 Å². The van der Waals surface area contributed by atoms with Crippen LogP contribution in [-0.2, 0) is 14.3 Å². The number of Topliss-reactive ketones (excluding diaryl/α,β-unsaturated/α-hetero) is 1. The normalized spacial score (nSPS) is 17.1. The minimum absolute atomic E-state index is 0.00746. The maximum absolute atomic E-state index is 12.8. The van der Waals surface area contributed by atoms with Crippen LogP contribution in [0.3, 0.4) is 0 Å². The lowest BCUT2D eigenvalue weighted by atomic mass is 10.0. The molecule has 1 fully saturated rings. The van der Waals surface area contributed by atoms with Crippen molar-refractivity contribution >= 4 is 58.1 Å². The average molecular weight is 469 g/mol. The largest absolute Gasteiger partial charge is 0.454 e. The molecule has 158 valence electrons. The Morgan fingerprint density at radius 2 is 1.87 bits per heavy atom. The molecule has 8 heteroatoms. The zero-order valence-corrected chi connectivity index (χ0v) is 18.5. The number of amides is 1.